The summed E-state index contributed by atoms with van der Waals surface area (Å²) in [5.41, 5.74) is 0. The molecule has 0 radical (unpaired) electrons. The van der Waals surface area contributed by atoms with Gasteiger partial charge in [-0.2, -0.15) is 0 Å². The van der Waals surface area contributed by atoms with Crippen LogP contribution in [0.3, 0.4) is 0 Å². The molecule has 0 atom stereocenters. The van der Waals surface area contributed by atoms with Gasteiger partial charge in [-0.15, -0.1) is 23.1 Å². The van der Waals surface area contributed by atoms with Crippen molar-refractivity contribution in [3.63, 3.8) is 0 Å². The number of thioether (sulfide) groups is 1. The van der Waals surface area contributed by atoms with Gasteiger partial charge in [-0.05, 0) is 19.4 Å². The van der Waals surface area contributed by atoms with Crippen LogP contribution in [0.25, 0.3) is 10.2 Å². The topological polar surface area (TPSA) is 25.8 Å². The van der Waals surface area contributed by atoms with Crippen LogP contribution in [-0.4, -0.2) is 22.4 Å². The van der Waals surface area contributed by atoms with E-state index in [1.807, 2.05) is 6.92 Å². The molecule has 2 nitrogen and oxygen atoms in total. The minimum Gasteiger partial charge on any atom is -0.250 e. The van der Waals surface area contributed by atoms with Crippen LogP contribution in [-0.2, 0) is 6.42 Å². The average molecular weight is 256 g/mol. The molecule has 0 saturated heterocycles. The van der Waals surface area contributed by atoms with Gasteiger partial charge in [0.2, 0.25) is 0 Å². The van der Waals surface area contributed by atoms with Crippen LogP contribution in [0, 0.1) is 6.92 Å². The molecule has 86 valence electrons. The first-order valence-electron chi connectivity index (χ1n) is 5.20. The Morgan fingerprint density at radius 1 is 1.44 bits per heavy atom. The van der Waals surface area contributed by atoms with Crippen molar-refractivity contribution in [3.05, 3.63) is 16.8 Å². The number of fused-ring (bicyclic) bond motifs is 1. The average Bonchev–Trinajstić information content (AvgIpc) is 2.68. The molecule has 0 aromatic carbocycles. The summed E-state index contributed by atoms with van der Waals surface area (Å²) < 4.78 is 12.2. The van der Waals surface area contributed by atoms with Crippen molar-refractivity contribution in [1.29, 1.82) is 0 Å². The zero-order chi connectivity index (χ0) is 11.5. The number of aryl methyl sites for hydroxylation is 2. The summed E-state index contributed by atoms with van der Waals surface area (Å²) >= 11 is 3.17. The van der Waals surface area contributed by atoms with E-state index in [9.17, 15) is 4.39 Å². The Morgan fingerprint density at radius 3 is 2.94 bits per heavy atom. The van der Waals surface area contributed by atoms with Gasteiger partial charge in [0.15, 0.2) is 0 Å². The maximum atomic E-state index is 12.2. The van der Waals surface area contributed by atoms with Crippen LogP contribution in [0.1, 0.15) is 17.6 Å². The van der Waals surface area contributed by atoms with Crippen molar-refractivity contribution in [1.82, 2.24) is 9.97 Å². The molecule has 0 spiro atoms. The second kappa shape index (κ2) is 5.10. The number of nitrogens with zero attached hydrogens (tertiary/aromatic N) is 2. The second-order valence-electron chi connectivity index (χ2n) is 3.40. The van der Waals surface area contributed by atoms with Gasteiger partial charge in [0.1, 0.15) is 15.7 Å². The van der Waals surface area contributed by atoms with Gasteiger partial charge < -0.3 is 0 Å². The molecule has 0 saturated carbocycles. The molecule has 0 amide bonds. The number of alkyl halides is 1. The van der Waals surface area contributed by atoms with E-state index >= 15 is 0 Å². The normalized spacial score (nSPS) is 11.2. The van der Waals surface area contributed by atoms with E-state index in [1.165, 1.54) is 16.6 Å². The quantitative estimate of drug-likeness (QED) is 0.617. The molecule has 2 aromatic rings. The first kappa shape index (κ1) is 11.8. The predicted octanol–water partition coefficient (Wildman–Crippen LogP) is 3.62. The van der Waals surface area contributed by atoms with E-state index in [0.717, 1.165) is 27.5 Å². The van der Waals surface area contributed by atoms with Crippen LogP contribution < -0.4 is 0 Å². The van der Waals surface area contributed by atoms with Crippen LogP contribution in [0.5, 0.6) is 0 Å². The molecular weight excluding hydrogens is 243 g/mol. The van der Waals surface area contributed by atoms with Gasteiger partial charge in [0.05, 0.1) is 6.67 Å². The molecule has 0 bridgehead atoms. The zero-order valence-electron chi connectivity index (χ0n) is 9.29. The largest absolute Gasteiger partial charge is 0.250 e. The third kappa shape index (κ3) is 2.35. The van der Waals surface area contributed by atoms with Crippen molar-refractivity contribution < 1.29 is 4.39 Å². The van der Waals surface area contributed by atoms with Crippen LogP contribution in [0.15, 0.2) is 11.1 Å². The zero-order valence-corrected chi connectivity index (χ0v) is 10.9. The third-order valence-corrected chi connectivity index (χ3v) is 4.30. The lowest BCUT2D eigenvalue weighted by molar-refractivity contribution is 0.532. The maximum Gasteiger partial charge on any atom is 0.128 e. The smallest absolute Gasteiger partial charge is 0.128 e. The van der Waals surface area contributed by atoms with E-state index < -0.39 is 0 Å². The van der Waals surface area contributed by atoms with Crippen LogP contribution in [0.4, 0.5) is 4.39 Å². The monoisotopic (exact) mass is 256 g/mol. The highest BCUT2D eigenvalue weighted by molar-refractivity contribution is 7.99. The van der Waals surface area contributed by atoms with E-state index in [4.69, 9.17) is 0 Å². The lowest BCUT2D eigenvalue weighted by Gasteiger charge is -2.01. The van der Waals surface area contributed by atoms with E-state index in [-0.39, 0.29) is 6.67 Å². The number of hydrogen-bond donors (Lipinski definition) is 0. The Labute approximate surface area is 102 Å². The number of thiophene rings is 1. The Bertz CT molecular complexity index is 496. The highest BCUT2D eigenvalue weighted by Gasteiger charge is 2.09. The first-order chi connectivity index (χ1) is 7.74. The number of aromatic nitrogens is 2. The van der Waals surface area contributed by atoms with E-state index in [2.05, 4.69) is 23.0 Å². The Morgan fingerprint density at radius 2 is 2.25 bits per heavy atom. The summed E-state index contributed by atoms with van der Waals surface area (Å²) in [6.45, 7) is 3.68. The van der Waals surface area contributed by atoms with Crippen molar-refractivity contribution in [3.8, 4) is 0 Å². The molecule has 0 N–H and O–H groups in total. The Hall–Kier alpha value is -0.680. The predicted molar refractivity (Wildman–Crippen MR) is 68.2 cm³/mol. The fourth-order valence-electron chi connectivity index (χ4n) is 1.47. The van der Waals surface area contributed by atoms with Crippen molar-refractivity contribution >= 4 is 33.3 Å². The summed E-state index contributed by atoms with van der Waals surface area (Å²) in [6, 6.07) is 2.13. The van der Waals surface area contributed by atoms with Crippen molar-refractivity contribution in [2.75, 3.05) is 12.4 Å². The molecule has 2 rings (SSSR count). The minimum atomic E-state index is -0.319. The van der Waals surface area contributed by atoms with Gasteiger partial charge >= 0.3 is 0 Å². The second-order valence-corrected chi connectivity index (χ2v) is 5.60. The molecule has 2 aromatic heterocycles. The van der Waals surface area contributed by atoms with Gasteiger partial charge in [0, 0.05) is 16.0 Å². The molecule has 2 heterocycles. The van der Waals surface area contributed by atoms with Gasteiger partial charge in [-0.25, -0.2) is 9.97 Å². The van der Waals surface area contributed by atoms with Crippen molar-refractivity contribution in [2.45, 2.75) is 25.3 Å². The first-order valence-corrected chi connectivity index (χ1v) is 7.00. The molecule has 5 heteroatoms. The fourth-order valence-corrected chi connectivity index (χ4v) is 3.32. The molecule has 0 aliphatic carbocycles. The highest BCUT2D eigenvalue weighted by atomic mass is 32.2. The fraction of sp³-hybridized carbons (Fsp3) is 0.455. The number of halogens is 1. The SMILES string of the molecule is CCc1cc2c(SCCF)nc(C)nc2s1. The summed E-state index contributed by atoms with van der Waals surface area (Å²) in [5.74, 6) is 1.22. The number of hydrogen-bond acceptors (Lipinski definition) is 4. The summed E-state index contributed by atoms with van der Waals surface area (Å²) in [7, 11) is 0. The van der Waals surface area contributed by atoms with Crippen molar-refractivity contribution in [2.24, 2.45) is 0 Å². The van der Waals surface area contributed by atoms with Gasteiger partial charge in [-0.3, -0.25) is 4.39 Å². The third-order valence-electron chi connectivity index (χ3n) is 2.19. The molecule has 0 aliphatic heterocycles. The van der Waals surface area contributed by atoms with Crippen LogP contribution >= 0.6 is 23.1 Å². The van der Waals surface area contributed by atoms with Gasteiger partial charge in [-0.1, -0.05) is 6.92 Å². The molecule has 0 fully saturated rings. The molecule has 0 aliphatic rings. The molecular formula is C11H13FN2S2. The lowest BCUT2D eigenvalue weighted by Crippen LogP contribution is -1.91. The number of rotatable bonds is 4. The van der Waals surface area contributed by atoms with E-state index in [1.54, 1.807) is 11.3 Å². The minimum absolute atomic E-state index is 0.319. The van der Waals surface area contributed by atoms with Gasteiger partial charge in [0.25, 0.3) is 0 Å². The maximum absolute atomic E-state index is 12.2. The van der Waals surface area contributed by atoms with E-state index in [0.29, 0.717) is 5.75 Å². The van der Waals surface area contributed by atoms with Crippen LogP contribution in [0.2, 0.25) is 0 Å². The summed E-state index contributed by atoms with van der Waals surface area (Å²) in [4.78, 5) is 11.1. The Kier molecular flexibility index (Phi) is 3.76. The highest BCUT2D eigenvalue weighted by Crippen LogP contribution is 2.31. The Balaban J connectivity index is 2.48. The summed E-state index contributed by atoms with van der Waals surface area (Å²) in [5, 5.41) is 1.99. The lowest BCUT2D eigenvalue weighted by atomic mass is 10.3. The molecule has 0 unspecified atom stereocenters. The molecule has 16 heavy (non-hydrogen) atoms. The standard InChI is InChI=1S/C11H13FN2S2/c1-3-8-6-9-10(15-5-4-12)13-7(2)14-11(9)16-8/h6H,3-5H2,1-2H3. The summed E-state index contributed by atoms with van der Waals surface area (Å²) in [6.07, 6.45) is 1.01.